The normalized spacial score (nSPS) is 16.8. The number of hydrogen-bond acceptors (Lipinski definition) is 3. The van der Waals surface area contributed by atoms with Crippen LogP contribution in [0.15, 0.2) is 48.5 Å². The van der Waals surface area contributed by atoms with E-state index in [0.29, 0.717) is 35.1 Å². The van der Waals surface area contributed by atoms with Gasteiger partial charge in [-0.3, -0.25) is 9.59 Å². The second-order valence-electron chi connectivity index (χ2n) is 6.29. The van der Waals surface area contributed by atoms with Gasteiger partial charge in [0.1, 0.15) is 5.75 Å². The van der Waals surface area contributed by atoms with Crippen LogP contribution in [-0.2, 0) is 4.79 Å². The van der Waals surface area contributed by atoms with Gasteiger partial charge in [0.15, 0.2) is 0 Å². The third-order valence-electron chi connectivity index (χ3n) is 4.54. The molecule has 1 heterocycles. The van der Waals surface area contributed by atoms with Gasteiger partial charge in [-0.15, -0.1) is 0 Å². The number of amides is 2. The number of carbonyl (C=O) groups excluding carboxylic acids is 2. The first-order valence-electron chi connectivity index (χ1n) is 8.57. The zero-order valence-corrected chi connectivity index (χ0v) is 15.3. The molecule has 1 atom stereocenters. The summed E-state index contributed by atoms with van der Waals surface area (Å²) in [6.07, 6.45) is 1.55. The average Bonchev–Trinajstić information content (AvgIpc) is 2.68. The first-order chi connectivity index (χ1) is 12.6. The largest absolute Gasteiger partial charge is 0.495 e. The molecule has 26 heavy (non-hydrogen) atoms. The highest BCUT2D eigenvalue weighted by molar-refractivity contribution is 6.30. The minimum Gasteiger partial charge on any atom is -0.495 e. The zero-order valence-electron chi connectivity index (χ0n) is 14.6. The molecule has 2 aromatic rings. The van der Waals surface area contributed by atoms with Gasteiger partial charge in [-0.1, -0.05) is 23.7 Å². The topological polar surface area (TPSA) is 58.6 Å². The SMILES string of the molecule is COc1ccccc1NC(=O)[C@@H]1CCCN(C(=O)c2ccc(Cl)cc2)C1. The molecule has 0 unspecified atom stereocenters. The summed E-state index contributed by atoms with van der Waals surface area (Å²) in [5, 5.41) is 3.51. The third kappa shape index (κ3) is 4.17. The summed E-state index contributed by atoms with van der Waals surface area (Å²) in [6.45, 7) is 1.06. The summed E-state index contributed by atoms with van der Waals surface area (Å²) in [6, 6.07) is 14.1. The van der Waals surface area contributed by atoms with E-state index in [1.807, 2.05) is 12.1 Å². The minimum absolute atomic E-state index is 0.0727. The minimum atomic E-state index is -0.245. The van der Waals surface area contributed by atoms with E-state index in [1.165, 1.54) is 0 Å². The summed E-state index contributed by atoms with van der Waals surface area (Å²) < 4.78 is 5.27. The van der Waals surface area contributed by atoms with Gasteiger partial charge in [0, 0.05) is 23.7 Å². The highest BCUT2D eigenvalue weighted by atomic mass is 35.5. The van der Waals surface area contributed by atoms with E-state index in [9.17, 15) is 9.59 Å². The molecular weight excluding hydrogens is 352 g/mol. The average molecular weight is 373 g/mol. The van der Waals surface area contributed by atoms with E-state index >= 15 is 0 Å². The summed E-state index contributed by atoms with van der Waals surface area (Å²) in [5.41, 5.74) is 1.22. The molecule has 1 fully saturated rings. The quantitative estimate of drug-likeness (QED) is 0.887. The first kappa shape index (κ1) is 18.3. The number of ether oxygens (including phenoxy) is 1. The van der Waals surface area contributed by atoms with Crippen LogP contribution < -0.4 is 10.1 Å². The number of methoxy groups -OCH3 is 1. The number of anilines is 1. The van der Waals surface area contributed by atoms with Crippen LogP contribution in [0.3, 0.4) is 0 Å². The molecule has 0 radical (unpaired) electrons. The number of nitrogens with one attached hydrogen (secondary N) is 1. The van der Waals surface area contributed by atoms with Crippen LogP contribution in [0, 0.1) is 5.92 Å². The van der Waals surface area contributed by atoms with Crippen LogP contribution in [0.5, 0.6) is 5.75 Å². The molecule has 1 N–H and O–H groups in total. The molecule has 0 saturated carbocycles. The van der Waals surface area contributed by atoms with Crippen molar-refractivity contribution in [1.82, 2.24) is 4.90 Å². The molecule has 0 spiro atoms. The predicted molar refractivity (Wildman–Crippen MR) is 102 cm³/mol. The molecular formula is C20H21ClN2O3. The van der Waals surface area contributed by atoms with Crippen molar-refractivity contribution in [3.8, 4) is 5.75 Å². The Morgan fingerprint density at radius 1 is 1.15 bits per heavy atom. The third-order valence-corrected chi connectivity index (χ3v) is 4.79. The fraction of sp³-hybridized carbons (Fsp3) is 0.300. The van der Waals surface area contributed by atoms with Gasteiger partial charge in [-0.2, -0.15) is 0 Å². The molecule has 1 aliphatic rings. The second-order valence-corrected chi connectivity index (χ2v) is 6.72. The number of carbonyl (C=O) groups is 2. The van der Waals surface area contributed by atoms with Gasteiger partial charge < -0.3 is 15.0 Å². The zero-order chi connectivity index (χ0) is 18.5. The summed E-state index contributed by atoms with van der Waals surface area (Å²) >= 11 is 5.88. The molecule has 0 aromatic heterocycles. The standard InChI is InChI=1S/C20H21ClN2O3/c1-26-18-7-3-2-6-17(18)22-19(24)15-5-4-12-23(13-15)20(25)14-8-10-16(21)11-9-14/h2-3,6-11,15H,4-5,12-13H2,1H3,(H,22,24)/t15-/m1/s1. The molecule has 2 aromatic carbocycles. The maximum Gasteiger partial charge on any atom is 0.253 e. The Kier molecular flexibility index (Phi) is 5.78. The number of hydrogen-bond donors (Lipinski definition) is 1. The lowest BCUT2D eigenvalue weighted by Gasteiger charge is -2.32. The molecule has 3 rings (SSSR count). The first-order valence-corrected chi connectivity index (χ1v) is 8.95. The lowest BCUT2D eigenvalue weighted by Crippen LogP contribution is -2.43. The van der Waals surface area contributed by atoms with Crippen molar-refractivity contribution in [2.45, 2.75) is 12.8 Å². The van der Waals surface area contributed by atoms with E-state index < -0.39 is 0 Å². The van der Waals surface area contributed by atoms with Crippen molar-refractivity contribution in [2.24, 2.45) is 5.92 Å². The molecule has 136 valence electrons. The van der Waals surface area contributed by atoms with Crippen LogP contribution in [0.2, 0.25) is 5.02 Å². The van der Waals surface area contributed by atoms with E-state index in [0.717, 1.165) is 12.8 Å². The summed E-state index contributed by atoms with van der Waals surface area (Å²) in [4.78, 5) is 27.1. The van der Waals surface area contributed by atoms with Gasteiger partial charge in [0.2, 0.25) is 5.91 Å². The van der Waals surface area contributed by atoms with Crippen molar-refractivity contribution in [2.75, 3.05) is 25.5 Å². The number of piperidine rings is 1. The molecule has 5 nitrogen and oxygen atoms in total. The number of para-hydroxylation sites is 2. The molecule has 0 bridgehead atoms. The lowest BCUT2D eigenvalue weighted by atomic mass is 9.96. The van der Waals surface area contributed by atoms with Crippen LogP contribution in [-0.4, -0.2) is 36.9 Å². The van der Waals surface area contributed by atoms with Crippen molar-refractivity contribution in [3.63, 3.8) is 0 Å². The van der Waals surface area contributed by atoms with Gasteiger partial charge in [0.25, 0.3) is 5.91 Å². The Balaban J connectivity index is 1.66. The number of halogens is 1. The Labute approximate surface area is 157 Å². The number of rotatable bonds is 4. The second kappa shape index (κ2) is 8.23. The Hall–Kier alpha value is -2.53. The molecule has 1 aliphatic heterocycles. The van der Waals surface area contributed by atoms with Crippen LogP contribution in [0.1, 0.15) is 23.2 Å². The monoisotopic (exact) mass is 372 g/mol. The van der Waals surface area contributed by atoms with Crippen molar-refractivity contribution < 1.29 is 14.3 Å². The van der Waals surface area contributed by atoms with E-state index in [4.69, 9.17) is 16.3 Å². The number of benzene rings is 2. The van der Waals surface area contributed by atoms with E-state index in [2.05, 4.69) is 5.32 Å². The van der Waals surface area contributed by atoms with Gasteiger partial charge in [-0.25, -0.2) is 0 Å². The molecule has 1 saturated heterocycles. The van der Waals surface area contributed by atoms with Crippen LogP contribution in [0.4, 0.5) is 5.69 Å². The van der Waals surface area contributed by atoms with E-state index in [1.54, 1.807) is 48.4 Å². The Morgan fingerprint density at radius 3 is 2.62 bits per heavy atom. The maximum atomic E-state index is 12.7. The maximum absolute atomic E-state index is 12.7. The van der Waals surface area contributed by atoms with Crippen molar-refractivity contribution in [3.05, 3.63) is 59.1 Å². The van der Waals surface area contributed by atoms with Gasteiger partial charge in [0.05, 0.1) is 18.7 Å². The van der Waals surface area contributed by atoms with Crippen molar-refractivity contribution >= 4 is 29.1 Å². The number of likely N-dealkylation sites (tertiary alicyclic amines) is 1. The fourth-order valence-corrected chi connectivity index (χ4v) is 3.26. The highest BCUT2D eigenvalue weighted by Gasteiger charge is 2.29. The van der Waals surface area contributed by atoms with Crippen LogP contribution in [0.25, 0.3) is 0 Å². The van der Waals surface area contributed by atoms with E-state index in [-0.39, 0.29) is 17.7 Å². The smallest absolute Gasteiger partial charge is 0.253 e. The Bertz CT molecular complexity index is 792. The number of nitrogens with zero attached hydrogens (tertiary/aromatic N) is 1. The predicted octanol–water partition coefficient (Wildman–Crippen LogP) is 3.84. The van der Waals surface area contributed by atoms with Crippen LogP contribution >= 0.6 is 11.6 Å². The highest BCUT2D eigenvalue weighted by Crippen LogP contribution is 2.26. The molecule has 6 heteroatoms. The molecule has 2 amide bonds. The van der Waals surface area contributed by atoms with Gasteiger partial charge in [-0.05, 0) is 49.2 Å². The van der Waals surface area contributed by atoms with Crippen molar-refractivity contribution in [1.29, 1.82) is 0 Å². The fourth-order valence-electron chi connectivity index (χ4n) is 3.13. The molecule has 0 aliphatic carbocycles. The summed E-state index contributed by atoms with van der Waals surface area (Å²) in [7, 11) is 1.57. The van der Waals surface area contributed by atoms with Gasteiger partial charge >= 0.3 is 0 Å². The lowest BCUT2D eigenvalue weighted by molar-refractivity contribution is -0.121. The summed E-state index contributed by atoms with van der Waals surface area (Å²) in [5.74, 6) is 0.204. The Morgan fingerprint density at radius 2 is 1.88 bits per heavy atom.